The lowest BCUT2D eigenvalue weighted by Gasteiger charge is -2.07. The minimum atomic E-state index is -0.363. The smallest absolute Gasteiger partial charge is 0.268 e. The molecule has 0 spiro atoms. The van der Waals surface area contributed by atoms with Crippen LogP contribution in [0, 0.1) is 6.92 Å². The van der Waals surface area contributed by atoms with Gasteiger partial charge in [-0.1, -0.05) is 0 Å². The molecule has 0 radical (unpaired) electrons. The molecule has 1 heterocycles. The lowest BCUT2D eigenvalue weighted by atomic mass is 10.2. The predicted molar refractivity (Wildman–Crippen MR) is 82.1 cm³/mol. The summed E-state index contributed by atoms with van der Waals surface area (Å²) in [5.41, 5.74) is 8.90. The number of benzene rings is 1. The Morgan fingerprint density at radius 3 is 2.86 bits per heavy atom. The highest BCUT2D eigenvalue weighted by Crippen LogP contribution is 2.33. The van der Waals surface area contributed by atoms with E-state index < -0.39 is 0 Å². The largest absolute Gasteiger partial charge is 0.496 e. The van der Waals surface area contributed by atoms with Crippen molar-refractivity contribution >= 4 is 23.4 Å². The number of nitrogen functional groups attached to an aromatic ring is 2. The first-order valence-corrected chi connectivity index (χ1v) is 7.20. The number of hydrazine groups is 1. The highest BCUT2D eigenvalue weighted by Gasteiger charge is 2.14. The molecule has 0 atom stereocenters. The van der Waals surface area contributed by atoms with Gasteiger partial charge in [-0.25, -0.2) is 5.84 Å². The molecule has 2 rings (SSSR count). The van der Waals surface area contributed by atoms with Gasteiger partial charge >= 0.3 is 0 Å². The van der Waals surface area contributed by atoms with Gasteiger partial charge in [-0.3, -0.25) is 10.2 Å². The molecule has 1 amide bonds. The third-order valence-electron chi connectivity index (χ3n) is 2.90. The zero-order valence-electron chi connectivity index (χ0n) is 11.8. The molecule has 0 aliphatic heterocycles. The molecule has 0 bridgehead atoms. The number of aryl methyl sites for hydroxylation is 1. The van der Waals surface area contributed by atoms with Gasteiger partial charge in [0, 0.05) is 16.6 Å². The summed E-state index contributed by atoms with van der Waals surface area (Å²) in [5.74, 6) is 7.27. The number of hydrogen-bond donors (Lipinski definition) is 3. The van der Waals surface area contributed by atoms with Crippen LogP contribution < -0.4 is 21.7 Å². The number of thioether (sulfide) groups is 1. The van der Waals surface area contributed by atoms with E-state index >= 15 is 0 Å². The number of nitrogens with one attached hydrogen (secondary N) is 1. The molecule has 0 aliphatic carbocycles. The van der Waals surface area contributed by atoms with Gasteiger partial charge in [0.2, 0.25) is 0 Å². The molecule has 0 saturated heterocycles. The van der Waals surface area contributed by atoms with Crippen LogP contribution in [-0.2, 0) is 5.75 Å². The van der Waals surface area contributed by atoms with E-state index in [2.05, 4.69) is 5.43 Å². The molecule has 1 aromatic heterocycles. The molecule has 0 aliphatic rings. The van der Waals surface area contributed by atoms with E-state index in [1.54, 1.807) is 26.2 Å². The second-order valence-electron chi connectivity index (χ2n) is 4.36. The van der Waals surface area contributed by atoms with Crippen molar-refractivity contribution in [2.45, 2.75) is 17.6 Å². The number of anilines is 1. The van der Waals surface area contributed by atoms with Crippen molar-refractivity contribution in [1.82, 2.24) is 5.43 Å². The Kier molecular flexibility index (Phi) is 4.77. The van der Waals surface area contributed by atoms with Crippen LogP contribution in [0.25, 0.3) is 0 Å². The number of hydrogen-bond acceptors (Lipinski definition) is 6. The zero-order valence-corrected chi connectivity index (χ0v) is 12.6. The van der Waals surface area contributed by atoms with E-state index in [-0.39, 0.29) is 5.91 Å². The summed E-state index contributed by atoms with van der Waals surface area (Å²) in [6, 6.07) is 7.16. The monoisotopic (exact) mass is 307 g/mol. The molecular weight excluding hydrogens is 290 g/mol. The van der Waals surface area contributed by atoms with Gasteiger partial charge in [0.25, 0.3) is 5.91 Å². The van der Waals surface area contributed by atoms with Crippen molar-refractivity contribution in [3.05, 3.63) is 41.3 Å². The number of rotatable bonds is 5. The number of amides is 1. The summed E-state index contributed by atoms with van der Waals surface area (Å²) >= 11 is 1.54. The van der Waals surface area contributed by atoms with E-state index in [0.29, 0.717) is 34.3 Å². The zero-order chi connectivity index (χ0) is 15.4. The van der Waals surface area contributed by atoms with Crippen molar-refractivity contribution in [3.8, 4) is 5.75 Å². The van der Waals surface area contributed by atoms with Gasteiger partial charge in [-0.15, -0.1) is 11.8 Å². The van der Waals surface area contributed by atoms with Crippen molar-refractivity contribution in [1.29, 1.82) is 0 Å². The fourth-order valence-corrected chi connectivity index (χ4v) is 2.76. The standard InChI is InChI=1S/C14H17N3O3S/c1-8-11(14(18)17-16)6-10(20-8)7-21-13-4-3-9(15)5-12(13)19-2/h3-6H,7,15-16H2,1-2H3,(H,17,18). The van der Waals surface area contributed by atoms with Gasteiger partial charge in [-0.05, 0) is 25.1 Å². The quantitative estimate of drug-likeness (QED) is 0.257. The van der Waals surface area contributed by atoms with E-state index in [0.717, 1.165) is 4.90 Å². The van der Waals surface area contributed by atoms with Gasteiger partial charge in [0.1, 0.15) is 17.3 Å². The molecule has 7 heteroatoms. The Morgan fingerprint density at radius 1 is 1.43 bits per heavy atom. The van der Waals surface area contributed by atoms with Gasteiger partial charge in [0.05, 0.1) is 18.4 Å². The minimum absolute atomic E-state index is 0.363. The first kappa shape index (κ1) is 15.3. The lowest BCUT2D eigenvalue weighted by Crippen LogP contribution is -2.30. The molecule has 6 nitrogen and oxygen atoms in total. The number of nitrogens with two attached hydrogens (primary N) is 2. The van der Waals surface area contributed by atoms with E-state index in [4.69, 9.17) is 20.7 Å². The van der Waals surface area contributed by atoms with Gasteiger partial charge in [0.15, 0.2) is 0 Å². The van der Waals surface area contributed by atoms with Gasteiger partial charge in [-0.2, -0.15) is 0 Å². The summed E-state index contributed by atoms with van der Waals surface area (Å²) in [5, 5.41) is 0. The maximum absolute atomic E-state index is 11.5. The number of carbonyl (C=O) groups excluding carboxylic acids is 1. The molecular formula is C14H17N3O3S. The number of ether oxygens (including phenoxy) is 1. The molecule has 1 aromatic carbocycles. The second kappa shape index (κ2) is 6.55. The average Bonchev–Trinajstić information content (AvgIpc) is 2.86. The molecule has 112 valence electrons. The topological polar surface area (TPSA) is 104 Å². The number of methoxy groups -OCH3 is 1. The fraction of sp³-hybridized carbons (Fsp3) is 0.214. The maximum Gasteiger partial charge on any atom is 0.268 e. The summed E-state index contributed by atoms with van der Waals surface area (Å²) < 4.78 is 10.8. The van der Waals surface area contributed by atoms with Crippen LogP contribution in [0.1, 0.15) is 21.9 Å². The van der Waals surface area contributed by atoms with Crippen molar-refractivity contribution in [2.24, 2.45) is 5.84 Å². The minimum Gasteiger partial charge on any atom is -0.496 e. The Hall–Kier alpha value is -2.12. The van der Waals surface area contributed by atoms with Crippen molar-refractivity contribution < 1.29 is 13.9 Å². The Balaban J connectivity index is 2.12. The SMILES string of the molecule is COc1cc(N)ccc1SCc1cc(C(=O)NN)c(C)o1. The predicted octanol–water partition coefficient (Wildman–Crippen LogP) is 2.07. The molecule has 21 heavy (non-hydrogen) atoms. The van der Waals surface area contributed by atoms with Crippen LogP contribution >= 0.6 is 11.8 Å². The summed E-state index contributed by atoms with van der Waals surface area (Å²) in [4.78, 5) is 12.5. The van der Waals surface area contributed by atoms with Crippen LogP contribution in [0.3, 0.4) is 0 Å². The van der Waals surface area contributed by atoms with E-state index in [1.807, 2.05) is 12.1 Å². The summed E-state index contributed by atoms with van der Waals surface area (Å²) in [6.45, 7) is 1.72. The fourth-order valence-electron chi connectivity index (χ4n) is 1.87. The average molecular weight is 307 g/mol. The second-order valence-corrected chi connectivity index (χ2v) is 5.37. The van der Waals surface area contributed by atoms with Crippen LogP contribution in [-0.4, -0.2) is 13.0 Å². The van der Waals surface area contributed by atoms with E-state index in [1.165, 1.54) is 11.8 Å². The Morgan fingerprint density at radius 2 is 2.19 bits per heavy atom. The number of furan rings is 1. The van der Waals surface area contributed by atoms with Crippen molar-refractivity contribution in [2.75, 3.05) is 12.8 Å². The lowest BCUT2D eigenvalue weighted by molar-refractivity contribution is 0.0952. The van der Waals surface area contributed by atoms with Crippen LogP contribution in [0.2, 0.25) is 0 Å². The summed E-state index contributed by atoms with van der Waals surface area (Å²) in [6.07, 6.45) is 0. The van der Waals surface area contributed by atoms with Crippen LogP contribution in [0.4, 0.5) is 5.69 Å². The molecule has 2 aromatic rings. The highest BCUT2D eigenvalue weighted by molar-refractivity contribution is 7.98. The van der Waals surface area contributed by atoms with Crippen molar-refractivity contribution in [3.63, 3.8) is 0 Å². The molecule has 0 fully saturated rings. The number of carbonyl (C=O) groups is 1. The normalized spacial score (nSPS) is 10.4. The first-order valence-electron chi connectivity index (χ1n) is 6.21. The van der Waals surface area contributed by atoms with Gasteiger partial charge < -0.3 is 14.9 Å². The maximum atomic E-state index is 11.5. The Labute approximate surface area is 126 Å². The molecule has 0 saturated carbocycles. The summed E-state index contributed by atoms with van der Waals surface area (Å²) in [7, 11) is 1.60. The first-order chi connectivity index (χ1) is 10.0. The third-order valence-corrected chi connectivity index (χ3v) is 3.98. The molecule has 0 unspecified atom stereocenters. The van der Waals surface area contributed by atoms with E-state index in [9.17, 15) is 4.79 Å². The highest BCUT2D eigenvalue weighted by atomic mass is 32.2. The van der Waals surface area contributed by atoms with Crippen LogP contribution in [0.5, 0.6) is 5.75 Å². The molecule has 5 N–H and O–H groups in total. The Bertz CT molecular complexity index is 655. The third kappa shape index (κ3) is 3.50. The van der Waals surface area contributed by atoms with Crippen LogP contribution in [0.15, 0.2) is 33.6 Å².